The van der Waals surface area contributed by atoms with Gasteiger partial charge in [0.25, 0.3) is 0 Å². The number of nitrogens with one attached hydrogen (secondary N) is 2. The van der Waals surface area contributed by atoms with Gasteiger partial charge in [0, 0.05) is 17.1 Å². The van der Waals surface area contributed by atoms with Crippen LogP contribution in [0, 0.1) is 5.92 Å². The highest BCUT2D eigenvalue weighted by molar-refractivity contribution is 5.86. The van der Waals surface area contributed by atoms with Crippen molar-refractivity contribution in [3.63, 3.8) is 0 Å². The molecule has 2 nitrogen and oxygen atoms in total. The van der Waals surface area contributed by atoms with Crippen LogP contribution < -0.4 is 5.32 Å². The van der Waals surface area contributed by atoms with Gasteiger partial charge in [0.1, 0.15) is 0 Å². The number of piperidine rings is 1. The Morgan fingerprint density at radius 2 is 2.22 bits per heavy atom. The minimum atomic E-state index is 0.808. The summed E-state index contributed by atoms with van der Waals surface area (Å²) in [5, 5.41) is 4.94. The Hall–Kier alpha value is -1.28. The van der Waals surface area contributed by atoms with Crippen LogP contribution in [0.2, 0.25) is 0 Å². The van der Waals surface area contributed by atoms with Crippen LogP contribution in [0.1, 0.15) is 30.9 Å². The zero-order valence-electron chi connectivity index (χ0n) is 11.1. The van der Waals surface area contributed by atoms with E-state index in [9.17, 15) is 0 Å². The Bertz CT molecular complexity index is 521. The molecule has 2 heterocycles. The Morgan fingerprint density at radius 3 is 3.00 bits per heavy atom. The molecule has 0 spiro atoms. The fourth-order valence-electron chi connectivity index (χ4n) is 3.15. The maximum Gasteiger partial charge on any atom is 0.0489 e. The molecule has 2 aromatic rings. The Balaban J connectivity index is 1.88. The number of H-pyrrole nitrogens is 1. The summed E-state index contributed by atoms with van der Waals surface area (Å²) in [5.74, 6) is 0.808. The molecule has 2 N–H and O–H groups in total. The van der Waals surface area contributed by atoms with Crippen molar-refractivity contribution in [1.29, 1.82) is 0 Å². The van der Waals surface area contributed by atoms with E-state index in [1.54, 1.807) is 0 Å². The predicted molar refractivity (Wildman–Crippen MR) is 77.0 cm³/mol. The normalized spacial score (nSPS) is 20.4. The van der Waals surface area contributed by atoms with E-state index in [0.29, 0.717) is 0 Å². The van der Waals surface area contributed by atoms with Crippen LogP contribution in [-0.4, -0.2) is 18.1 Å². The van der Waals surface area contributed by atoms with Gasteiger partial charge in [-0.25, -0.2) is 0 Å². The lowest BCUT2D eigenvalue weighted by Crippen LogP contribution is -2.30. The van der Waals surface area contributed by atoms with E-state index in [1.807, 2.05) is 0 Å². The summed E-state index contributed by atoms with van der Waals surface area (Å²) in [6.45, 7) is 4.60. The molecule has 0 aliphatic carbocycles. The predicted octanol–water partition coefficient (Wildman–Crippen LogP) is 3.27. The van der Waals surface area contributed by atoms with E-state index in [4.69, 9.17) is 0 Å². The largest absolute Gasteiger partial charge is 0.361 e. The highest BCUT2D eigenvalue weighted by Gasteiger charge is 2.15. The first-order valence-electron chi connectivity index (χ1n) is 7.17. The van der Waals surface area contributed by atoms with Crippen LogP contribution in [0.15, 0.2) is 24.4 Å². The molecule has 1 aromatic carbocycles. The van der Waals surface area contributed by atoms with Gasteiger partial charge in [0.2, 0.25) is 0 Å². The number of hydrogen-bond acceptors (Lipinski definition) is 1. The summed E-state index contributed by atoms with van der Waals surface area (Å²) in [6, 6.07) is 6.68. The SMILES string of the molecule is CCc1cccc2c(C[C@H]3CCCNC3)c[nH]c12. The van der Waals surface area contributed by atoms with Crippen molar-refractivity contribution in [3.05, 3.63) is 35.5 Å². The van der Waals surface area contributed by atoms with Crippen LogP contribution in [-0.2, 0) is 12.8 Å². The maximum absolute atomic E-state index is 3.51. The number of aromatic amines is 1. The quantitative estimate of drug-likeness (QED) is 0.849. The third-order valence-electron chi connectivity index (χ3n) is 4.18. The van der Waals surface area contributed by atoms with Crippen LogP contribution >= 0.6 is 0 Å². The number of benzene rings is 1. The van der Waals surface area contributed by atoms with Gasteiger partial charge < -0.3 is 10.3 Å². The second-order valence-corrected chi connectivity index (χ2v) is 5.42. The minimum Gasteiger partial charge on any atom is -0.361 e. The smallest absolute Gasteiger partial charge is 0.0489 e. The first-order valence-corrected chi connectivity index (χ1v) is 7.17. The highest BCUT2D eigenvalue weighted by Crippen LogP contribution is 2.25. The summed E-state index contributed by atoms with van der Waals surface area (Å²) >= 11 is 0. The zero-order chi connectivity index (χ0) is 12.4. The van der Waals surface area contributed by atoms with Crippen molar-refractivity contribution >= 4 is 10.9 Å². The average Bonchev–Trinajstić information content (AvgIpc) is 2.83. The highest BCUT2D eigenvalue weighted by atomic mass is 14.9. The summed E-state index contributed by atoms with van der Waals surface area (Å²) in [4.78, 5) is 3.48. The minimum absolute atomic E-state index is 0.808. The van der Waals surface area contributed by atoms with Crippen LogP contribution in [0.25, 0.3) is 10.9 Å². The standard InChI is InChI=1S/C16H22N2/c1-2-13-6-3-7-15-14(11-18-16(13)15)9-12-5-4-8-17-10-12/h3,6-7,11-12,17-18H,2,4-5,8-10H2,1H3/t12-/m1/s1. The third-order valence-corrected chi connectivity index (χ3v) is 4.18. The third kappa shape index (κ3) is 2.17. The fourth-order valence-corrected chi connectivity index (χ4v) is 3.15. The Labute approximate surface area is 109 Å². The van der Waals surface area contributed by atoms with Crippen LogP contribution in [0.3, 0.4) is 0 Å². The Morgan fingerprint density at radius 1 is 1.28 bits per heavy atom. The lowest BCUT2D eigenvalue weighted by molar-refractivity contribution is 0.377. The van der Waals surface area contributed by atoms with Crippen molar-refractivity contribution in [1.82, 2.24) is 10.3 Å². The van der Waals surface area contributed by atoms with Crippen LogP contribution in [0.5, 0.6) is 0 Å². The molecule has 96 valence electrons. The molecule has 1 aliphatic heterocycles. The van der Waals surface area contributed by atoms with Gasteiger partial charge in [0.05, 0.1) is 0 Å². The molecule has 1 fully saturated rings. The summed E-state index contributed by atoms with van der Waals surface area (Å²) in [6.07, 6.45) is 7.22. The average molecular weight is 242 g/mol. The van der Waals surface area contributed by atoms with Crippen molar-refractivity contribution in [2.45, 2.75) is 32.6 Å². The number of aryl methyl sites for hydroxylation is 1. The van der Waals surface area contributed by atoms with Gasteiger partial charge in [-0.2, -0.15) is 0 Å². The monoisotopic (exact) mass is 242 g/mol. The molecule has 0 bridgehead atoms. The molecule has 1 aliphatic rings. The molecule has 3 rings (SSSR count). The lowest BCUT2D eigenvalue weighted by atomic mass is 9.92. The number of para-hydroxylation sites is 1. The first kappa shape index (κ1) is 11.8. The molecule has 1 saturated heterocycles. The van der Waals surface area contributed by atoms with E-state index < -0.39 is 0 Å². The van der Waals surface area contributed by atoms with Crippen molar-refractivity contribution in [3.8, 4) is 0 Å². The molecule has 0 unspecified atom stereocenters. The molecule has 18 heavy (non-hydrogen) atoms. The van der Waals surface area contributed by atoms with Gasteiger partial charge in [-0.15, -0.1) is 0 Å². The number of aromatic nitrogens is 1. The molecule has 1 atom stereocenters. The second kappa shape index (κ2) is 5.15. The van der Waals surface area contributed by atoms with Gasteiger partial charge in [-0.05, 0) is 55.8 Å². The number of rotatable bonds is 3. The van der Waals surface area contributed by atoms with Crippen molar-refractivity contribution in [2.75, 3.05) is 13.1 Å². The molecule has 1 aromatic heterocycles. The summed E-state index contributed by atoms with van der Waals surface area (Å²) in [5.41, 5.74) is 4.27. The first-order chi connectivity index (χ1) is 8.88. The van der Waals surface area contributed by atoms with Gasteiger partial charge >= 0.3 is 0 Å². The lowest BCUT2D eigenvalue weighted by Gasteiger charge is -2.22. The van der Waals surface area contributed by atoms with E-state index in [1.165, 1.54) is 54.4 Å². The van der Waals surface area contributed by atoms with E-state index in [-0.39, 0.29) is 0 Å². The summed E-state index contributed by atoms with van der Waals surface area (Å²) in [7, 11) is 0. The fraction of sp³-hybridized carbons (Fsp3) is 0.500. The van der Waals surface area contributed by atoms with Crippen LogP contribution in [0.4, 0.5) is 0 Å². The van der Waals surface area contributed by atoms with Gasteiger partial charge in [0.15, 0.2) is 0 Å². The maximum atomic E-state index is 3.51. The zero-order valence-corrected chi connectivity index (χ0v) is 11.1. The van der Waals surface area contributed by atoms with Gasteiger partial charge in [-0.3, -0.25) is 0 Å². The topological polar surface area (TPSA) is 27.8 Å². The van der Waals surface area contributed by atoms with Crippen molar-refractivity contribution in [2.24, 2.45) is 5.92 Å². The van der Waals surface area contributed by atoms with Crippen molar-refractivity contribution < 1.29 is 0 Å². The summed E-state index contributed by atoms with van der Waals surface area (Å²) < 4.78 is 0. The van der Waals surface area contributed by atoms with Gasteiger partial charge in [-0.1, -0.05) is 25.1 Å². The second-order valence-electron chi connectivity index (χ2n) is 5.42. The molecular weight excluding hydrogens is 220 g/mol. The molecule has 0 amide bonds. The van der Waals surface area contributed by atoms with E-state index >= 15 is 0 Å². The number of fused-ring (bicyclic) bond motifs is 1. The molecular formula is C16H22N2. The van der Waals surface area contributed by atoms with E-state index in [0.717, 1.165) is 12.3 Å². The molecule has 0 saturated carbocycles. The molecule has 2 heteroatoms. The Kier molecular flexibility index (Phi) is 3.37. The van der Waals surface area contributed by atoms with E-state index in [2.05, 4.69) is 41.6 Å². The number of hydrogen-bond donors (Lipinski definition) is 2. The molecule has 0 radical (unpaired) electrons.